The molecule has 2 aromatic rings. The second-order valence-electron chi connectivity index (χ2n) is 7.11. The van der Waals surface area contributed by atoms with Gasteiger partial charge in [0.05, 0.1) is 0 Å². The maximum atomic E-state index is 12.5. The van der Waals surface area contributed by atoms with Crippen LogP contribution in [0.15, 0.2) is 36.4 Å². The Morgan fingerprint density at radius 2 is 1.09 bits per heavy atom. The summed E-state index contributed by atoms with van der Waals surface area (Å²) in [5.41, 5.74) is 6.70. The van der Waals surface area contributed by atoms with Gasteiger partial charge in [-0.05, 0) is 0 Å². The van der Waals surface area contributed by atoms with Gasteiger partial charge >= 0.3 is 221 Å². The van der Waals surface area contributed by atoms with E-state index < -0.39 is 18.2 Å². The number of carbonyl (C=O) groups excluding carboxylic acids is 2. The van der Waals surface area contributed by atoms with Crippen LogP contribution in [0.1, 0.15) is 17.5 Å². The molecule has 0 radical (unpaired) electrons. The van der Waals surface area contributed by atoms with Crippen molar-refractivity contribution >= 4 is 52.0 Å². The average Bonchev–Trinajstić information content (AvgIpc) is 2.86. The number of nitrogens with zero attached hydrogens (tertiary/aromatic N) is 2. The molecule has 2 aromatic carbocycles. The second kappa shape index (κ2) is 13.2. The van der Waals surface area contributed by atoms with Gasteiger partial charge in [0.25, 0.3) is 0 Å². The normalized spacial score (nSPS) is 10.0. The zero-order chi connectivity index (χ0) is 26.1. The first-order chi connectivity index (χ1) is 16.6. The van der Waals surface area contributed by atoms with Crippen LogP contribution in [0, 0.1) is 0 Å². The molecular weight excluding hydrogens is 586 g/mol. The van der Waals surface area contributed by atoms with Crippen molar-refractivity contribution in [2.45, 2.75) is 6.42 Å². The molecule has 0 aliphatic rings. The quantitative estimate of drug-likeness (QED) is 0.196. The number of hydrazine groups is 2. The molecule has 0 spiro atoms. The minimum atomic E-state index is -0.506. The van der Waals surface area contributed by atoms with Crippen LogP contribution in [0.2, 0.25) is 0 Å². The number of methoxy groups -OCH3 is 4. The van der Waals surface area contributed by atoms with E-state index in [0.29, 0.717) is 43.2 Å². The van der Waals surface area contributed by atoms with Gasteiger partial charge in [-0.1, -0.05) is 0 Å². The molecule has 188 valence electrons. The SMILES string of the molecule is COc1ccc(OC)c(C(=[Se])N(C)NC(=O)CC(=O)NN(C)C(=[Se])c2cc(OC)ccc2OC)c1. The summed E-state index contributed by atoms with van der Waals surface area (Å²) in [6.45, 7) is 0. The average molecular weight is 614 g/mol. The third-order valence-corrected chi connectivity index (χ3v) is 6.86. The summed E-state index contributed by atoms with van der Waals surface area (Å²) in [4.78, 5) is 25.0. The number of benzene rings is 2. The third kappa shape index (κ3) is 7.47. The van der Waals surface area contributed by atoms with E-state index in [1.54, 1.807) is 78.9 Å². The Morgan fingerprint density at radius 1 is 0.714 bits per heavy atom. The summed E-state index contributed by atoms with van der Waals surface area (Å²) in [5.74, 6) is 1.44. The monoisotopic (exact) mass is 616 g/mol. The fourth-order valence-corrected chi connectivity index (χ4v) is 3.89. The Bertz CT molecular complexity index is 1030. The Labute approximate surface area is 220 Å². The molecule has 35 heavy (non-hydrogen) atoms. The zero-order valence-corrected chi connectivity index (χ0v) is 23.8. The first kappa shape index (κ1) is 28.2. The molecule has 2 rings (SSSR count). The van der Waals surface area contributed by atoms with Crippen molar-refractivity contribution in [3.05, 3.63) is 47.5 Å². The van der Waals surface area contributed by atoms with Crippen molar-refractivity contribution in [1.29, 1.82) is 0 Å². The molecular formula is C23H28N4O6Se2. The van der Waals surface area contributed by atoms with E-state index in [2.05, 4.69) is 42.0 Å². The van der Waals surface area contributed by atoms with E-state index in [9.17, 15) is 9.59 Å². The summed E-state index contributed by atoms with van der Waals surface area (Å²) in [6.07, 6.45) is -0.403. The fraction of sp³-hybridized carbons (Fsp3) is 0.304. The summed E-state index contributed by atoms with van der Waals surface area (Å²) in [5, 5.41) is 2.95. The number of hydrogen-bond donors (Lipinski definition) is 2. The number of nitrogens with one attached hydrogen (secondary N) is 2. The summed E-state index contributed by atoms with van der Waals surface area (Å²) < 4.78 is 22.5. The molecule has 0 atom stereocenters. The number of carbonyl (C=O) groups is 2. The predicted octanol–water partition coefficient (Wildman–Crippen LogP) is 0.0303. The zero-order valence-electron chi connectivity index (χ0n) is 20.3. The first-order valence-corrected chi connectivity index (χ1v) is 12.0. The van der Waals surface area contributed by atoms with Crippen molar-refractivity contribution in [2.75, 3.05) is 42.5 Å². The van der Waals surface area contributed by atoms with E-state index in [4.69, 9.17) is 18.9 Å². The molecule has 12 heteroatoms. The van der Waals surface area contributed by atoms with Gasteiger partial charge in [-0.2, -0.15) is 0 Å². The molecule has 0 aliphatic carbocycles. The molecule has 10 nitrogen and oxygen atoms in total. The standard InChI is InChI=1S/C23H28N4O6Se2/c1-26(22(34)16-11-14(30-3)7-9-18(16)32-5)24-20(28)13-21(29)25-27(2)23(35)17-12-15(31-4)8-10-19(17)33-6/h7-12H,13H2,1-6H3,(H,24,28)(H,25,29). The van der Waals surface area contributed by atoms with Gasteiger partial charge in [0.15, 0.2) is 0 Å². The van der Waals surface area contributed by atoms with Crippen LogP contribution in [-0.4, -0.2) is 105 Å². The van der Waals surface area contributed by atoms with Crippen LogP contribution in [0.25, 0.3) is 0 Å². The van der Waals surface area contributed by atoms with Crippen LogP contribution >= 0.6 is 0 Å². The molecule has 0 fully saturated rings. The van der Waals surface area contributed by atoms with Gasteiger partial charge in [0, 0.05) is 0 Å². The van der Waals surface area contributed by atoms with Gasteiger partial charge in [-0.25, -0.2) is 0 Å². The molecule has 0 saturated heterocycles. The number of amides is 2. The molecule has 0 heterocycles. The molecule has 0 aliphatic heterocycles. The van der Waals surface area contributed by atoms with Crippen LogP contribution in [0.5, 0.6) is 23.0 Å². The van der Waals surface area contributed by atoms with E-state index >= 15 is 0 Å². The van der Waals surface area contributed by atoms with Crippen molar-refractivity contribution in [2.24, 2.45) is 0 Å². The Balaban J connectivity index is 2.00. The van der Waals surface area contributed by atoms with Gasteiger partial charge in [0.2, 0.25) is 0 Å². The Morgan fingerprint density at radius 3 is 1.40 bits per heavy atom. The Hall–Kier alpha value is -3.04. The van der Waals surface area contributed by atoms with Crippen LogP contribution < -0.4 is 29.8 Å². The van der Waals surface area contributed by atoms with Crippen LogP contribution in [0.4, 0.5) is 0 Å². The van der Waals surface area contributed by atoms with Crippen molar-refractivity contribution < 1.29 is 28.5 Å². The molecule has 0 unspecified atom stereocenters. The summed E-state index contributed by atoms with van der Waals surface area (Å²) in [6, 6.07) is 10.6. The van der Waals surface area contributed by atoms with Crippen molar-refractivity contribution in [3.63, 3.8) is 0 Å². The fourth-order valence-electron chi connectivity index (χ4n) is 3.02. The summed E-state index contributed by atoms with van der Waals surface area (Å²) in [7, 11) is 9.52. The molecule has 0 aromatic heterocycles. The van der Waals surface area contributed by atoms with Gasteiger partial charge < -0.3 is 0 Å². The van der Waals surface area contributed by atoms with Crippen molar-refractivity contribution in [1.82, 2.24) is 20.9 Å². The second-order valence-corrected chi connectivity index (χ2v) is 8.73. The molecule has 0 saturated carbocycles. The van der Waals surface area contributed by atoms with Crippen LogP contribution in [-0.2, 0) is 9.59 Å². The number of rotatable bonds is 12. The Kier molecular flexibility index (Phi) is 10.6. The van der Waals surface area contributed by atoms with Crippen LogP contribution in [0.3, 0.4) is 0 Å². The van der Waals surface area contributed by atoms with E-state index in [-0.39, 0.29) is 0 Å². The van der Waals surface area contributed by atoms with E-state index in [0.717, 1.165) is 0 Å². The van der Waals surface area contributed by atoms with Crippen molar-refractivity contribution in [3.8, 4) is 23.0 Å². The number of ether oxygens (including phenoxy) is 4. The molecule has 2 N–H and O–H groups in total. The molecule has 0 bridgehead atoms. The van der Waals surface area contributed by atoms with Gasteiger partial charge in [0.1, 0.15) is 0 Å². The third-order valence-electron chi connectivity index (χ3n) is 4.79. The number of hydrogen-bond acceptors (Lipinski definition) is 8. The van der Waals surface area contributed by atoms with E-state index in [1.165, 1.54) is 10.0 Å². The minimum absolute atomic E-state index is 0.403. The van der Waals surface area contributed by atoms with Gasteiger partial charge in [-0.15, -0.1) is 0 Å². The maximum absolute atomic E-state index is 12.5. The first-order valence-electron chi connectivity index (χ1n) is 10.2. The topological polar surface area (TPSA) is 102 Å². The van der Waals surface area contributed by atoms with E-state index in [1.807, 2.05) is 0 Å². The van der Waals surface area contributed by atoms with Gasteiger partial charge in [-0.3, -0.25) is 0 Å². The predicted molar refractivity (Wildman–Crippen MR) is 135 cm³/mol. The molecule has 2 amide bonds. The summed E-state index contributed by atoms with van der Waals surface area (Å²) >= 11 is 5.83.